The molecule has 0 aromatic heterocycles. The first-order chi connectivity index (χ1) is 5.70. The van der Waals surface area contributed by atoms with Crippen LogP contribution < -0.4 is 0 Å². The third-order valence-corrected chi connectivity index (χ3v) is 2.14. The summed E-state index contributed by atoms with van der Waals surface area (Å²) in [5, 5.41) is 0. The Bertz CT molecular complexity index is 226. The molecule has 0 N–H and O–H groups in total. The maximum Gasteiger partial charge on any atom is -0.0274 e. The molecule has 0 heteroatoms. The number of rotatable bonds is 2. The molecule has 0 aromatic carbocycles. The summed E-state index contributed by atoms with van der Waals surface area (Å²) in [6.45, 7) is 6.64. The van der Waals surface area contributed by atoms with Crippen LogP contribution in [0.2, 0.25) is 0 Å². The van der Waals surface area contributed by atoms with E-state index in [-0.39, 0.29) is 0 Å². The van der Waals surface area contributed by atoms with Crippen molar-refractivity contribution in [3.05, 3.63) is 35.5 Å². The standard InChI is InChI=1S/C12H18/c1-10(2)8-9-12-7-5-4-6-11(12)3/h5,7-10H,4,6H2,1-3H3/b9-8-. The Morgan fingerprint density at radius 3 is 2.75 bits per heavy atom. The second-order valence-corrected chi connectivity index (χ2v) is 3.78. The van der Waals surface area contributed by atoms with Gasteiger partial charge >= 0.3 is 0 Å². The molecule has 0 atom stereocenters. The van der Waals surface area contributed by atoms with Crippen LogP contribution >= 0.6 is 0 Å². The first-order valence-corrected chi connectivity index (χ1v) is 4.74. The molecule has 0 aromatic rings. The highest BCUT2D eigenvalue weighted by Gasteiger charge is 1.99. The maximum absolute atomic E-state index is 2.26. The second-order valence-electron chi connectivity index (χ2n) is 3.78. The molecule has 0 saturated heterocycles. The molecule has 0 bridgehead atoms. The Balaban J connectivity index is 2.67. The predicted molar refractivity (Wildman–Crippen MR) is 55.1 cm³/mol. The lowest BCUT2D eigenvalue weighted by atomic mass is 9.98. The van der Waals surface area contributed by atoms with Gasteiger partial charge in [0, 0.05) is 0 Å². The van der Waals surface area contributed by atoms with E-state index >= 15 is 0 Å². The van der Waals surface area contributed by atoms with Crippen LogP contribution in [0.15, 0.2) is 35.5 Å². The average molecular weight is 162 g/mol. The zero-order valence-corrected chi connectivity index (χ0v) is 8.30. The van der Waals surface area contributed by atoms with E-state index in [0.29, 0.717) is 5.92 Å². The topological polar surface area (TPSA) is 0 Å². The van der Waals surface area contributed by atoms with Crippen molar-refractivity contribution < 1.29 is 0 Å². The molecule has 0 heterocycles. The van der Waals surface area contributed by atoms with Crippen LogP contribution in [0.25, 0.3) is 0 Å². The third kappa shape index (κ3) is 2.69. The van der Waals surface area contributed by atoms with Gasteiger partial charge in [0.25, 0.3) is 0 Å². The van der Waals surface area contributed by atoms with Crippen molar-refractivity contribution in [1.82, 2.24) is 0 Å². The third-order valence-electron chi connectivity index (χ3n) is 2.14. The molecule has 0 unspecified atom stereocenters. The molecule has 0 saturated carbocycles. The summed E-state index contributed by atoms with van der Waals surface area (Å²) < 4.78 is 0. The van der Waals surface area contributed by atoms with Crippen molar-refractivity contribution >= 4 is 0 Å². The quantitative estimate of drug-likeness (QED) is 0.578. The first kappa shape index (κ1) is 9.31. The van der Waals surface area contributed by atoms with Gasteiger partial charge in [-0.3, -0.25) is 0 Å². The summed E-state index contributed by atoms with van der Waals surface area (Å²) in [4.78, 5) is 0. The minimum atomic E-state index is 0.653. The highest BCUT2D eigenvalue weighted by atomic mass is 14.1. The van der Waals surface area contributed by atoms with Crippen LogP contribution in [0.3, 0.4) is 0 Å². The normalized spacial score (nSPS) is 18.3. The Hall–Kier alpha value is -0.780. The van der Waals surface area contributed by atoms with Crippen LogP contribution in [0.1, 0.15) is 33.6 Å². The summed E-state index contributed by atoms with van der Waals surface area (Å²) in [7, 11) is 0. The van der Waals surface area contributed by atoms with Crippen LogP contribution in [-0.2, 0) is 0 Å². The van der Waals surface area contributed by atoms with Gasteiger partial charge in [-0.25, -0.2) is 0 Å². The fraction of sp³-hybridized carbons (Fsp3) is 0.500. The molecule has 1 aliphatic carbocycles. The lowest BCUT2D eigenvalue weighted by molar-refractivity contribution is 0.830. The summed E-state index contributed by atoms with van der Waals surface area (Å²) in [5.41, 5.74) is 2.93. The van der Waals surface area contributed by atoms with Crippen molar-refractivity contribution in [2.45, 2.75) is 33.6 Å². The van der Waals surface area contributed by atoms with E-state index in [1.807, 2.05) is 0 Å². The van der Waals surface area contributed by atoms with Crippen molar-refractivity contribution in [2.24, 2.45) is 5.92 Å². The summed E-state index contributed by atoms with van der Waals surface area (Å²) in [6, 6.07) is 0. The molecule has 0 nitrogen and oxygen atoms in total. The predicted octanol–water partition coefficient (Wildman–Crippen LogP) is 3.87. The Morgan fingerprint density at radius 2 is 2.17 bits per heavy atom. The molecular formula is C12H18. The number of allylic oxidation sites excluding steroid dienone is 6. The van der Waals surface area contributed by atoms with Crippen LogP contribution in [-0.4, -0.2) is 0 Å². The smallest absolute Gasteiger partial charge is 0.0274 e. The van der Waals surface area contributed by atoms with Gasteiger partial charge < -0.3 is 0 Å². The van der Waals surface area contributed by atoms with E-state index in [0.717, 1.165) is 0 Å². The summed E-state index contributed by atoms with van der Waals surface area (Å²) >= 11 is 0. The zero-order chi connectivity index (χ0) is 8.97. The fourth-order valence-corrected chi connectivity index (χ4v) is 1.29. The molecule has 1 aliphatic rings. The van der Waals surface area contributed by atoms with Crippen molar-refractivity contribution in [3.8, 4) is 0 Å². The van der Waals surface area contributed by atoms with Gasteiger partial charge in [-0.2, -0.15) is 0 Å². The van der Waals surface area contributed by atoms with Gasteiger partial charge in [-0.15, -0.1) is 0 Å². The molecule has 0 amide bonds. The molecule has 0 fully saturated rings. The van der Waals surface area contributed by atoms with E-state index in [1.54, 1.807) is 0 Å². The van der Waals surface area contributed by atoms with E-state index < -0.39 is 0 Å². The fourth-order valence-electron chi connectivity index (χ4n) is 1.29. The maximum atomic E-state index is 2.26. The van der Waals surface area contributed by atoms with Crippen molar-refractivity contribution in [1.29, 1.82) is 0 Å². The minimum Gasteiger partial charge on any atom is -0.0836 e. The van der Waals surface area contributed by atoms with Gasteiger partial charge in [-0.05, 0) is 31.3 Å². The number of hydrogen-bond donors (Lipinski definition) is 0. The highest BCUT2D eigenvalue weighted by Crippen LogP contribution is 2.19. The van der Waals surface area contributed by atoms with Crippen molar-refractivity contribution in [3.63, 3.8) is 0 Å². The SMILES string of the molecule is CC1=C(/C=C\C(C)C)C=CCC1. The van der Waals surface area contributed by atoms with Crippen molar-refractivity contribution in [2.75, 3.05) is 0 Å². The van der Waals surface area contributed by atoms with Gasteiger partial charge in [0.05, 0.1) is 0 Å². The molecule has 66 valence electrons. The highest BCUT2D eigenvalue weighted by molar-refractivity contribution is 5.37. The lowest BCUT2D eigenvalue weighted by Gasteiger charge is -2.08. The zero-order valence-electron chi connectivity index (χ0n) is 8.30. The summed E-state index contributed by atoms with van der Waals surface area (Å²) in [6.07, 6.45) is 11.4. The largest absolute Gasteiger partial charge is 0.0836 e. The van der Waals surface area contributed by atoms with E-state index in [1.165, 1.54) is 24.0 Å². The minimum absolute atomic E-state index is 0.653. The molecule has 0 radical (unpaired) electrons. The number of hydrogen-bond acceptors (Lipinski definition) is 0. The van der Waals surface area contributed by atoms with E-state index in [2.05, 4.69) is 45.1 Å². The molecular weight excluding hydrogens is 144 g/mol. The summed E-state index contributed by atoms with van der Waals surface area (Å²) in [5.74, 6) is 0.653. The van der Waals surface area contributed by atoms with Gasteiger partial charge in [0.2, 0.25) is 0 Å². The van der Waals surface area contributed by atoms with Crippen LogP contribution in [0.4, 0.5) is 0 Å². The lowest BCUT2D eigenvalue weighted by Crippen LogP contribution is -1.89. The molecule has 0 spiro atoms. The first-order valence-electron chi connectivity index (χ1n) is 4.74. The van der Waals surface area contributed by atoms with Gasteiger partial charge in [0.15, 0.2) is 0 Å². The Labute approximate surface area is 75.7 Å². The molecule has 1 rings (SSSR count). The van der Waals surface area contributed by atoms with Gasteiger partial charge in [-0.1, -0.05) is 43.7 Å². The monoisotopic (exact) mass is 162 g/mol. The molecule has 12 heavy (non-hydrogen) atoms. The Morgan fingerprint density at radius 1 is 1.42 bits per heavy atom. The van der Waals surface area contributed by atoms with Crippen LogP contribution in [0.5, 0.6) is 0 Å². The van der Waals surface area contributed by atoms with Crippen LogP contribution in [0, 0.1) is 5.92 Å². The van der Waals surface area contributed by atoms with E-state index in [9.17, 15) is 0 Å². The Kier molecular flexibility index (Phi) is 3.33. The molecule has 0 aliphatic heterocycles. The average Bonchev–Trinajstić information content (AvgIpc) is 2.03. The second kappa shape index (κ2) is 4.30. The van der Waals surface area contributed by atoms with E-state index in [4.69, 9.17) is 0 Å². The van der Waals surface area contributed by atoms with Gasteiger partial charge in [0.1, 0.15) is 0 Å².